The van der Waals surface area contributed by atoms with Crippen molar-refractivity contribution in [3.63, 3.8) is 0 Å². The van der Waals surface area contributed by atoms with Gasteiger partial charge in [-0.15, -0.1) is 0 Å². The maximum atomic E-state index is 11.4. The highest BCUT2D eigenvalue weighted by atomic mass is 16.5. The largest absolute Gasteiger partial charge is 0.375 e. The maximum absolute atomic E-state index is 11.4. The van der Waals surface area contributed by atoms with E-state index in [4.69, 9.17) is 4.74 Å². The van der Waals surface area contributed by atoms with Crippen LogP contribution in [-0.2, 0) is 11.3 Å². The molecule has 0 radical (unpaired) electrons. The van der Waals surface area contributed by atoms with Crippen LogP contribution in [0.25, 0.3) is 0 Å². The van der Waals surface area contributed by atoms with Gasteiger partial charge in [-0.1, -0.05) is 6.07 Å². The van der Waals surface area contributed by atoms with E-state index in [9.17, 15) is 4.79 Å². The summed E-state index contributed by atoms with van der Waals surface area (Å²) >= 11 is 0. The Morgan fingerprint density at radius 2 is 2.18 bits per heavy atom. The molecule has 0 atom stereocenters. The lowest BCUT2D eigenvalue weighted by molar-refractivity contribution is -0.00875. The van der Waals surface area contributed by atoms with Gasteiger partial charge < -0.3 is 14.6 Å². The topological polar surface area (TPSA) is 43.3 Å². The summed E-state index contributed by atoms with van der Waals surface area (Å²) in [5.74, 6) is 0. The van der Waals surface area contributed by atoms with Crippen LogP contribution in [0.2, 0.25) is 0 Å². The van der Waals surface area contributed by atoms with E-state index in [1.54, 1.807) is 22.9 Å². The second-order valence-corrected chi connectivity index (χ2v) is 4.60. The average Bonchev–Trinajstić information content (AvgIpc) is 2.26. The average molecular weight is 238 g/mol. The summed E-state index contributed by atoms with van der Waals surface area (Å²) in [5, 5.41) is 3.30. The first-order chi connectivity index (χ1) is 8.05. The first-order valence-corrected chi connectivity index (χ1v) is 6.05. The minimum Gasteiger partial charge on any atom is -0.375 e. The molecule has 1 N–H and O–H groups in total. The molecule has 0 amide bonds. The van der Waals surface area contributed by atoms with Gasteiger partial charge in [0.25, 0.3) is 5.56 Å². The lowest BCUT2D eigenvalue weighted by atomic mass is 10.1. The smallest absolute Gasteiger partial charge is 0.250 e. The van der Waals surface area contributed by atoms with Gasteiger partial charge in [0.15, 0.2) is 0 Å². The molecule has 0 unspecified atom stereocenters. The van der Waals surface area contributed by atoms with Gasteiger partial charge in [-0.3, -0.25) is 4.79 Å². The summed E-state index contributed by atoms with van der Waals surface area (Å²) in [6.45, 7) is 9.04. The van der Waals surface area contributed by atoms with Gasteiger partial charge in [0.05, 0.1) is 5.60 Å². The highest BCUT2D eigenvalue weighted by Crippen LogP contribution is 2.06. The Hall–Kier alpha value is -1.13. The quantitative estimate of drug-likeness (QED) is 0.727. The van der Waals surface area contributed by atoms with Crippen LogP contribution in [-0.4, -0.2) is 29.9 Å². The van der Waals surface area contributed by atoms with Crippen molar-refractivity contribution in [3.8, 4) is 0 Å². The van der Waals surface area contributed by atoms with Crippen LogP contribution < -0.4 is 10.9 Å². The van der Waals surface area contributed by atoms with Crippen molar-refractivity contribution in [2.24, 2.45) is 0 Å². The zero-order valence-corrected chi connectivity index (χ0v) is 10.9. The van der Waals surface area contributed by atoms with E-state index in [-0.39, 0.29) is 11.2 Å². The molecule has 0 fully saturated rings. The zero-order chi connectivity index (χ0) is 12.7. The van der Waals surface area contributed by atoms with Crippen LogP contribution in [0, 0.1) is 0 Å². The standard InChI is InChI=1S/C13H22N2O2/c1-4-17-13(2,3)11-14-8-10-15-9-6-5-7-12(15)16/h5-7,9,14H,4,8,10-11H2,1-3H3. The fourth-order valence-electron chi connectivity index (χ4n) is 1.68. The van der Waals surface area contributed by atoms with Crippen molar-refractivity contribution < 1.29 is 4.74 Å². The van der Waals surface area contributed by atoms with Crippen molar-refractivity contribution in [2.45, 2.75) is 32.9 Å². The molecule has 1 aromatic heterocycles. The maximum Gasteiger partial charge on any atom is 0.250 e. The second kappa shape index (κ2) is 6.57. The van der Waals surface area contributed by atoms with Gasteiger partial charge in [-0.25, -0.2) is 0 Å². The number of pyridine rings is 1. The minimum atomic E-state index is -0.156. The SMILES string of the molecule is CCOC(C)(C)CNCCn1ccccc1=O. The number of nitrogens with zero attached hydrogens (tertiary/aromatic N) is 1. The fourth-order valence-corrected chi connectivity index (χ4v) is 1.68. The first kappa shape index (κ1) is 13.9. The molecule has 0 aliphatic carbocycles. The van der Waals surface area contributed by atoms with E-state index in [0.717, 1.165) is 13.1 Å². The molecule has 0 aliphatic rings. The fraction of sp³-hybridized carbons (Fsp3) is 0.615. The normalized spacial score (nSPS) is 11.7. The number of ether oxygens (including phenoxy) is 1. The highest BCUT2D eigenvalue weighted by molar-refractivity contribution is 4.93. The second-order valence-electron chi connectivity index (χ2n) is 4.60. The molecule has 1 aromatic rings. The number of nitrogens with one attached hydrogen (secondary N) is 1. The lowest BCUT2D eigenvalue weighted by Crippen LogP contribution is -2.39. The minimum absolute atomic E-state index is 0.0402. The third kappa shape index (κ3) is 5.15. The molecule has 0 aliphatic heterocycles. The Kier molecular flexibility index (Phi) is 5.38. The molecule has 0 aromatic carbocycles. The summed E-state index contributed by atoms with van der Waals surface area (Å²) < 4.78 is 7.27. The van der Waals surface area contributed by atoms with E-state index < -0.39 is 0 Å². The Morgan fingerprint density at radius 3 is 2.82 bits per heavy atom. The molecule has 96 valence electrons. The predicted molar refractivity (Wildman–Crippen MR) is 69.3 cm³/mol. The van der Waals surface area contributed by atoms with E-state index in [2.05, 4.69) is 19.2 Å². The zero-order valence-electron chi connectivity index (χ0n) is 10.9. The van der Waals surface area contributed by atoms with Crippen molar-refractivity contribution in [2.75, 3.05) is 19.7 Å². The molecule has 17 heavy (non-hydrogen) atoms. The summed E-state index contributed by atoms with van der Waals surface area (Å²) in [5.41, 5.74) is -0.116. The molecule has 0 bridgehead atoms. The number of aromatic nitrogens is 1. The molecule has 0 saturated carbocycles. The Labute approximate surface area is 103 Å². The summed E-state index contributed by atoms with van der Waals surface area (Å²) in [4.78, 5) is 11.4. The molecule has 0 saturated heterocycles. The van der Waals surface area contributed by atoms with E-state index in [1.165, 1.54) is 0 Å². The van der Waals surface area contributed by atoms with Crippen LogP contribution >= 0.6 is 0 Å². The highest BCUT2D eigenvalue weighted by Gasteiger charge is 2.16. The van der Waals surface area contributed by atoms with Crippen LogP contribution in [0.1, 0.15) is 20.8 Å². The van der Waals surface area contributed by atoms with Crippen molar-refractivity contribution in [1.29, 1.82) is 0 Å². The number of hydrogen-bond donors (Lipinski definition) is 1. The van der Waals surface area contributed by atoms with Crippen LogP contribution in [0.4, 0.5) is 0 Å². The van der Waals surface area contributed by atoms with Crippen LogP contribution in [0.5, 0.6) is 0 Å². The Bertz CT molecular complexity index is 385. The summed E-state index contributed by atoms with van der Waals surface area (Å²) in [6.07, 6.45) is 1.80. The molecule has 4 nitrogen and oxygen atoms in total. The Balaban J connectivity index is 2.30. The molecular weight excluding hydrogens is 216 g/mol. The van der Waals surface area contributed by atoms with E-state index in [0.29, 0.717) is 13.2 Å². The van der Waals surface area contributed by atoms with Gasteiger partial charge in [0, 0.05) is 38.5 Å². The molecular formula is C13H22N2O2. The molecule has 4 heteroatoms. The number of hydrogen-bond acceptors (Lipinski definition) is 3. The van der Waals surface area contributed by atoms with Crippen molar-refractivity contribution in [3.05, 3.63) is 34.7 Å². The van der Waals surface area contributed by atoms with E-state index >= 15 is 0 Å². The Morgan fingerprint density at radius 1 is 1.41 bits per heavy atom. The summed E-state index contributed by atoms with van der Waals surface area (Å²) in [6, 6.07) is 5.19. The summed E-state index contributed by atoms with van der Waals surface area (Å²) in [7, 11) is 0. The van der Waals surface area contributed by atoms with Crippen molar-refractivity contribution in [1.82, 2.24) is 9.88 Å². The van der Waals surface area contributed by atoms with E-state index in [1.807, 2.05) is 13.0 Å². The first-order valence-electron chi connectivity index (χ1n) is 6.05. The van der Waals surface area contributed by atoms with Gasteiger partial charge in [0.2, 0.25) is 0 Å². The van der Waals surface area contributed by atoms with Gasteiger partial charge in [-0.2, -0.15) is 0 Å². The van der Waals surface area contributed by atoms with Gasteiger partial charge >= 0.3 is 0 Å². The number of rotatable bonds is 7. The molecule has 1 rings (SSSR count). The third-order valence-corrected chi connectivity index (χ3v) is 2.51. The van der Waals surface area contributed by atoms with Gasteiger partial charge in [0.1, 0.15) is 0 Å². The predicted octanol–water partition coefficient (Wildman–Crippen LogP) is 1.25. The molecule has 1 heterocycles. The third-order valence-electron chi connectivity index (χ3n) is 2.51. The lowest BCUT2D eigenvalue weighted by Gasteiger charge is -2.25. The van der Waals surface area contributed by atoms with Crippen LogP contribution in [0.3, 0.4) is 0 Å². The van der Waals surface area contributed by atoms with Crippen molar-refractivity contribution >= 4 is 0 Å². The van der Waals surface area contributed by atoms with Crippen LogP contribution in [0.15, 0.2) is 29.2 Å². The monoisotopic (exact) mass is 238 g/mol. The molecule has 0 spiro atoms. The van der Waals surface area contributed by atoms with Gasteiger partial charge in [-0.05, 0) is 26.8 Å².